The Balaban J connectivity index is 1.62. The summed E-state index contributed by atoms with van der Waals surface area (Å²) < 4.78 is 11.5. The van der Waals surface area contributed by atoms with Crippen molar-refractivity contribution in [3.05, 3.63) is 42.5 Å². The maximum Gasteiger partial charge on any atom is 0.415 e. The number of carbonyl (C=O) groups is 1. The average Bonchev–Trinajstić information content (AvgIpc) is 2.69. The van der Waals surface area contributed by atoms with E-state index in [0.29, 0.717) is 11.9 Å². The second kappa shape index (κ2) is 11.9. The summed E-state index contributed by atoms with van der Waals surface area (Å²) in [6.45, 7) is 8.61. The van der Waals surface area contributed by atoms with Gasteiger partial charge < -0.3 is 19.3 Å². The van der Waals surface area contributed by atoms with Gasteiger partial charge in [-0.05, 0) is 71.2 Å². The molecule has 0 heterocycles. The first-order valence-corrected chi connectivity index (χ1v) is 10.4. The molecule has 2 rings (SSSR count). The van der Waals surface area contributed by atoms with Crippen LogP contribution in [0, 0.1) is 6.92 Å². The van der Waals surface area contributed by atoms with E-state index in [1.54, 1.807) is 4.90 Å². The van der Waals surface area contributed by atoms with Gasteiger partial charge in [-0.2, -0.15) is 0 Å². The molecule has 5 heteroatoms. The van der Waals surface area contributed by atoms with E-state index in [0.717, 1.165) is 63.8 Å². The first kappa shape index (κ1) is 22.4. The molecule has 1 aliphatic carbocycles. The van der Waals surface area contributed by atoms with Crippen LogP contribution in [0.3, 0.4) is 0 Å². The molecule has 0 radical (unpaired) electrons. The Morgan fingerprint density at radius 1 is 1.14 bits per heavy atom. The molecule has 0 aromatic heterocycles. The van der Waals surface area contributed by atoms with Crippen molar-refractivity contribution in [3.63, 3.8) is 0 Å². The Morgan fingerprint density at radius 2 is 1.82 bits per heavy atom. The Hall–Kier alpha value is -1.85. The highest BCUT2D eigenvalue weighted by molar-refractivity contribution is 5.70. The van der Waals surface area contributed by atoms with Crippen molar-refractivity contribution in [2.24, 2.45) is 0 Å². The first-order valence-electron chi connectivity index (χ1n) is 10.4. The molecule has 0 N–H and O–H groups in total. The number of benzene rings is 1. The molecule has 5 nitrogen and oxygen atoms in total. The zero-order chi connectivity index (χ0) is 20.4. The van der Waals surface area contributed by atoms with Crippen molar-refractivity contribution in [3.8, 4) is 5.75 Å². The molecule has 28 heavy (non-hydrogen) atoms. The first-order chi connectivity index (χ1) is 13.5. The summed E-state index contributed by atoms with van der Waals surface area (Å²) in [6.07, 6.45) is 8.14. The van der Waals surface area contributed by atoms with Crippen LogP contribution in [-0.4, -0.2) is 61.8 Å². The van der Waals surface area contributed by atoms with Crippen molar-refractivity contribution in [1.29, 1.82) is 0 Å². The molecular weight excluding hydrogens is 352 g/mol. The molecule has 156 valence electrons. The molecule has 1 fully saturated rings. The SMILES string of the molecule is C=CCN(C)CCCCOC1CCC(N(C)C(=O)Oc2ccc(C)cc2)CC1. The highest BCUT2D eigenvalue weighted by Gasteiger charge is 2.27. The number of ether oxygens (including phenoxy) is 2. The fraction of sp³-hybridized carbons (Fsp3) is 0.609. The normalized spacial score (nSPS) is 19.4. The number of aryl methyl sites for hydroxylation is 1. The Bertz CT molecular complexity index is 594. The molecule has 1 aliphatic rings. The predicted octanol–water partition coefficient (Wildman–Crippen LogP) is 4.65. The highest BCUT2D eigenvalue weighted by Crippen LogP contribution is 2.25. The molecule has 0 bridgehead atoms. The molecule has 0 atom stereocenters. The maximum atomic E-state index is 12.4. The van der Waals surface area contributed by atoms with Gasteiger partial charge in [0.2, 0.25) is 0 Å². The number of hydrogen-bond donors (Lipinski definition) is 0. The molecular formula is C23H36N2O3. The molecule has 0 aliphatic heterocycles. The number of amides is 1. The van der Waals surface area contributed by atoms with Crippen LogP contribution in [0.2, 0.25) is 0 Å². The monoisotopic (exact) mass is 388 g/mol. The van der Waals surface area contributed by atoms with Crippen LogP contribution < -0.4 is 4.74 Å². The minimum atomic E-state index is -0.281. The molecule has 0 saturated heterocycles. The minimum absolute atomic E-state index is 0.227. The largest absolute Gasteiger partial charge is 0.415 e. The van der Waals surface area contributed by atoms with Crippen LogP contribution >= 0.6 is 0 Å². The summed E-state index contributed by atoms with van der Waals surface area (Å²) in [5.74, 6) is 0.596. The van der Waals surface area contributed by atoms with Gasteiger partial charge in [0.25, 0.3) is 0 Å². The Morgan fingerprint density at radius 3 is 2.46 bits per heavy atom. The summed E-state index contributed by atoms with van der Waals surface area (Å²) in [4.78, 5) is 16.4. The van der Waals surface area contributed by atoms with Gasteiger partial charge in [-0.15, -0.1) is 6.58 Å². The quantitative estimate of drug-likeness (QED) is 0.432. The zero-order valence-corrected chi connectivity index (χ0v) is 17.7. The van der Waals surface area contributed by atoms with E-state index >= 15 is 0 Å². The standard InChI is InChI=1S/C23H36N2O3/c1-5-16-24(3)17-6-7-18-27-21-14-10-20(11-15-21)25(4)23(26)28-22-12-8-19(2)9-13-22/h5,8-9,12-13,20-21H,1,6-7,10-11,14-18H2,2-4H3. The van der Waals surface area contributed by atoms with Crippen LogP contribution in [0.4, 0.5) is 4.79 Å². The van der Waals surface area contributed by atoms with E-state index in [-0.39, 0.29) is 12.1 Å². The molecule has 1 saturated carbocycles. The van der Waals surface area contributed by atoms with E-state index in [2.05, 4.69) is 18.5 Å². The van der Waals surface area contributed by atoms with Gasteiger partial charge in [0.15, 0.2) is 0 Å². The lowest BCUT2D eigenvalue weighted by Gasteiger charge is -2.34. The van der Waals surface area contributed by atoms with Crippen LogP contribution in [0.15, 0.2) is 36.9 Å². The van der Waals surface area contributed by atoms with Gasteiger partial charge >= 0.3 is 6.09 Å². The van der Waals surface area contributed by atoms with Crippen molar-refractivity contribution in [2.45, 2.75) is 57.6 Å². The second-order valence-corrected chi connectivity index (χ2v) is 7.85. The van der Waals surface area contributed by atoms with Crippen LogP contribution in [0.1, 0.15) is 44.1 Å². The topological polar surface area (TPSA) is 42.0 Å². The third kappa shape index (κ3) is 7.64. The lowest BCUT2D eigenvalue weighted by atomic mass is 9.92. The van der Waals surface area contributed by atoms with Crippen LogP contribution in [-0.2, 0) is 4.74 Å². The Kier molecular flexibility index (Phi) is 9.51. The van der Waals surface area contributed by atoms with Crippen LogP contribution in [0.5, 0.6) is 5.75 Å². The van der Waals surface area contributed by atoms with Crippen molar-refractivity contribution in [2.75, 3.05) is 33.8 Å². The summed E-state index contributed by atoms with van der Waals surface area (Å²) in [5, 5.41) is 0. The van der Waals surface area contributed by atoms with Gasteiger partial charge in [-0.1, -0.05) is 23.8 Å². The van der Waals surface area contributed by atoms with Gasteiger partial charge in [-0.25, -0.2) is 4.79 Å². The Labute approximate surface area is 170 Å². The van der Waals surface area contributed by atoms with Gasteiger partial charge in [0.1, 0.15) is 5.75 Å². The van der Waals surface area contributed by atoms with E-state index in [1.165, 1.54) is 0 Å². The third-order valence-electron chi connectivity index (χ3n) is 5.43. The smallest absolute Gasteiger partial charge is 0.410 e. The highest BCUT2D eigenvalue weighted by atomic mass is 16.6. The molecule has 0 spiro atoms. The van der Waals surface area contributed by atoms with Gasteiger partial charge in [0, 0.05) is 26.2 Å². The third-order valence-corrected chi connectivity index (χ3v) is 5.43. The summed E-state index contributed by atoms with van der Waals surface area (Å²) in [5.41, 5.74) is 1.15. The zero-order valence-electron chi connectivity index (χ0n) is 17.7. The molecule has 0 unspecified atom stereocenters. The fourth-order valence-electron chi connectivity index (χ4n) is 3.57. The van der Waals surface area contributed by atoms with Gasteiger partial charge in [-0.3, -0.25) is 0 Å². The lowest BCUT2D eigenvalue weighted by molar-refractivity contribution is 0.0101. The number of hydrogen-bond acceptors (Lipinski definition) is 4. The van der Waals surface area contributed by atoms with Crippen molar-refractivity contribution in [1.82, 2.24) is 9.80 Å². The number of carbonyl (C=O) groups excluding carboxylic acids is 1. The van der Waals surface area contributed by atoms with E-state index < -0.39 is 0 Å². The predicted molar refractivity (Wildman–Crippen MR) is 114 cm³/mol. The van der Waals surface area contributed by atoms with E-state index in [4.69, 9.17) is 9.47 Å². The molecule has 1 aromatic carbocycles. The summed E-state index contributed by atoms with van der Waals surface area (Å²) in [6, 6.07) is 7.79. The number of nitrogens with zero attached hydrogens (tertiary/aromatic N) is 2. The summed E-state index contributed by atoms with van der Waals surface area (Å²) in [7, 11) is 3.95. The molecule has 1 amide bonds. The van der Waals surface area contributed by atoms with Gasteiger partial charge in [0.05, 0.1) is 6.10 Å². The van der Waals surface area contributed by atoms with Crippen molar-refractivity contribution >= 4 is 6.09 Å². The van der Waals surface area contributed by atoms with Crippen molar-refractivity contribution < 1.29 is 14.3 Å². The van der Waals surface area contributed by atoms with Crippen LogP contribution in [0.25, 0.3) is 0 Å². The number of rotatable bonds is 10. The molecule has 1 aromatic rings. The average molecular weight is 389 g/mol. The minimum Gasteiger partial charge on any atom is -0.410 e. The second-order valence-electron chi connectivity index (χ2n) is 7.85. The fourth-order valence-corrected chi connectivity index (χ4v) is 3.57. The number of likely N-dealkylation sites (N-methyl/N-ethyl adjacent to an activating group) is 1. The maximum absolute atomic E-state index is 12.4. The van der Waals surface area contributed by atoms with E-state index in [9.17, 15) is 4.79 Å². The summed E-state index contributed by atoms with van der Waals surface area (Å²) >= 11 is 0. The number of unbranched alkanes of at least 4 members (excludes halogenated alkanes) is 1. The van der Waals surface area contributed by atoms with E-state index in [1.807, 2.05) is 44.3 Å². The lowest BCUT2D eigenvalue weighted by Crippen LogP contribution is -2.42.